The van der Waals surface area contributed by atoms with Crippen LogP contribution in [0.2, 0.25) is 0 Å². The summed E-state index contributed by atoms with van der Waals surface area (Å²) in [5.74, 6) is 2.51. The molecule has 0 N–H and O–H groups in total. The summed E-state index contributed by atoms with van der Waals surface area (Å²) in [7, 11) is 2.07. The second-order valence-electron chi connectivity index (χ2n) is 5.20. The minimum absolute atomic E-state index is 0.298. The van der Waals surface area contributed by atoms with Gasteiger partial charge in [-0.3, -0.25) is 4.90 Å². The Morgan fingerprint density at radius 1 is 1.14 bits per heavy atom. The van der Waals surface area contributed by atoms with Crippen molar-refractivity contribution >= 4 is 15.9 Å². The molecule has 1 aliphatic rings. The maximum Gasteiger partial charge on any atom is 0.231 e. The molecule has 3 rings (SSSR count). The molecule has 1 heterocycles. The van der Waals surface area contributed by atoms with Crippen molar-refractivity contribution in [1.29, 1.82) is 0 Å². The number of para-hydroxylation sites is 1. The smallest absolute Gasteiger partial charge is 0.231 e. The maximum absolute atomic E-state index is 5.72. The van der Waals surface area contributed by atoms with Gasteiger partial charge in [0.15, 0.2) is 11.5 Å². The van der Waals surface area contributed by atoms with Gasteiger partial charge in [-0.15, -0.1) is 0 Å². The minimum atomic E-state index is 0.298. The van der Waals surface area contributed by atoms with Gasteiger partial charge in [-0.25, -0.2) is 0 Å². The summed E-state index contributed by atoms with van der Waals surface area (Å²) in [5.41, 5.74) is 1.17. The highest BCUT2D eigenvalue weighted by molar-refractivity contribution is 9.10. The molecule has 0 saturated carbocycles. The Morgan fingerprint density at radius 3 is 2.64 bits per heavy atom. The van der Waals surface area contributed by atoms with E-state index in [4.69, 9.17) is 14.2 Å². The van der Waals surface area contributed by atoms with Gasteiger partial charge in [0, 0.05) is 17.6 Å². The van der Waals surface area contributed by atoms with Crippen LogP contribution in [0.4, 0.5) is 0 Å². The zero-order chi connectivity index (χ0) is 15.4. The van der Waals surface area contributed by atoms with Crippen molar-refractivity contribution in [2.24, 2.45) is 0 Å². The van der Waals surface area contributed by atoms with E-state index in [1.54, 1.807) is 0 Å². The molecule has 0 bridgehead atoms. The number of rotatable bonds is 6. The number of hydrogen-bond acceptors (Lipinski definition) is 4. The molecule has 0 aromatic heterocycles. The van der Waals surface area contributed by atoms with E-state index in [9.17, 15) is 0 Å². The fourth-order valence-electron chi connectivity index (χ4n) is 2.29. The zero-order valence-electron chi connectivity index (χ0n) is 12.4. The molecule has 0 atom stereocenters. The summed E-state index contributed by atoms with van der Waals surface area (Å²) >= 11 is 3.59. The van der Waals surface area contributed by atoms with E-state index in [0.29, 0.717) is 13.4 Å². The highest BCUT2D eigenvalue weighted by atomic mass is 79.9. The average molecular weight is 364 g/mol. The fraction of sp³-hybridized carbons (Fsp3) is 0.294. The summed E-state index contributed by atoms with van der Waals surface area (Å²) in [4.78, 5) is 2.21. The molecule has 0 saturated heterocycles. The second-order valence-corrected chi connectivity index (χ2v) is 6.05. The van der Waals surface area contributed by atoms with Gasteiger partial charge >= 0.3 is 0 Å². The molecule has 0 spiro atoms. The van der Waals surface area contributed by atoms with Crippen molar-refractivity contribution in [3.8, 4) is 17.2 Å². The van der Waals surface area contributed by atoms with Crippen molar-refractivity contribution in [2.45, 2.75) is 6.54 Å². The Labute approximate surface area is 138 Å². The third-order valence-electron chi connectivity index (χ3n) is 3.47. The van der Waals surface area contributed by atoms with Crippen molar-refractivity contribution in [3.63, 3.8) is 0 Å². The molecule has 5 heteroatoms. The maximum atomic E-state index is 5.72. The Bertz CT molecular complexity index is 633. The van der Waals surface area contributed by atoms with Gasteiger partial charge in [0.2, 0.25) is 6.79 Å². The van der Waals surface area contributed by atoms with Crippen molar-refractivity contribution in [2.75, 3.05) is 27.0 Å². The number of hydrogen-bond donors (Lipinski definition) is 0. The Hall–Kier alpha value is -1.72. The normalized spacial score (nSPS) is 12.7. The molecule has 0 amide bonds. The van der Waals surface area contributed by atoms with E-state index in [1.807, 2.05) is 42.5 Å². The van der Waals surface area contributed by atoms with E-state index in [-0.39, 0.29) is 0 Å². The lowest BCUT2D eigenvalue weighted by Crippen LogP contribution is -2.24. The molecule has 1 aliphatic heterocycles. The summed E-state index contributed by atoms with van der Waals surface area (Å²) in [6, 6.07) is 13.9. The van der Waals surface area contributed by atoms with Crippen LogP contribution in [-0.4, -0.2) is 31.9 Å². The van der Waals surface area contributed by atoms with Crippen LogP contribution in [0.1, 0.15) is 5.56 Å². The highest BCUT2D eigenvalue weighted by Crippen LogP contribution is 2.37. The molecule has 2 aromatic carbocycles. The Kier molecular flexibility index (Phi) is 4.85. The van der Waals surface area contributed by atoms with Crippen LogP contribution in [0, 0.1) is 0 Å². The van der Waals surface area contributed by atoms with Gasteiger partial charge in [0.1, 0.15) is 12.4 Å². The van der Waals surface area contributed by atoms with Crippen LogP contribution in [0.5, 0.6) is 17.2 Å². The molecule has 116 valence electrons. The first-order valence-electron chi connectivity index (χ1n) is 7.17. The molecule has 4 nitrogen and oxygen atoms in total. The quantitative estimate of drug-likeness (QED) is 0.782. The summed E-state index contributed by atoms with van der Waals surface area (Å²) < 4.78 is 17.6. The number of nitrogens with zero attached hydrogens (tertiary/aromatic N) is 1. The molecule has 0 unspecified atom stereocenters. The molecule has 0 radical (unpaired) electrons. The minimum Gasteiger partial charge on any atom is -0.492 e. The first-order chi connectivity index (χ1) is 10.7. The highest BCUT2D eigenvalue weighted by Gasteiger charge is 2.16. The van der Waals surface area contributed by atoms with Gasteiger partial charge in [-0.1, -0.05) is 34.1 Å². The molecule has 0 aliphatic carbocycles. The third-order valence-corrected chi connectivity index (χ3v) is 4.21. The van der Waals surface area contributed by atoms with E-state index >= 15 is 0 Å². The van der Waals surface area contributed by atoms with Crippen LogP contribution in [-0.2, 0) is 6.54 Å². The lowest BCUT2D eigenvalue weighted by molar-refractivity contribution is 0.174. The van der Waals surface area contributed by atoms with E-state index in [1.165, 1.54) is 5.56 Å². The number of benzene rings is 2. The second kappa shape index (κ2) is 7.03. The van der Waals surface area contributed by atoms with Gasteiger partial charge in [0.05, 0.1) is 0 Å². The topological polar surface area (TPSA) is 30.9 Å². The van der Waals surface area contributed by atoms with Crippen molar-refractivity contribution in [3.05, 3.63) is 52.5 Å². The van der Waals surface area contributed by atoms with Crippen molar-refractivity contribution < 1.29 is 14.2 Å². The van der Waals surface area contributed by atoms with Gasteiger partial charge in [-0.2, -0.15) is 0 Å². The number of likely N-dealkylation sites (N-methyl/N-ethyl adjacent to an activating group) is 1. The SMILES string of the molecule is CN(CCOc1ccccc1)Cc1cc2c(cc1Br)OCO2. The first kappa shape index (κ1) is 15.2. The summed E-state index contributed by atoms with van der Waals surface area (Å²) in [6.45, 7) is 2.61. The number of halogens is 1. The van der Waals surface area contributed by atoms with Crippen molar-refractivity contribution in [1.82, 2.24) is 4.90 Å². The molecule has 22 heavy (non-hydrogen) atoms. The third kappa shape index (κ3) is 3.72. The summed E-state index contributed by atoms with van der Waals surface area (Å²) in [5, 5.41) is 0. The Balaban J connectivity index is 1.52. The monoisotopic (exact) mass is 363 g/mol. The van der Waals surface area contributed by atoms with Gasteiger partial charge in [0.25, 0.3) is 0 Å². The predicted molar refractivity (Wildman–Crippen MR) is 88.5 cm³/mol. The standard InChI is InChI=1S/C17H18BrNO3/c1-19(7-8-20-14-5-3-2-4-6-14)11-13-9-16-17(10-15(13)18)22-12-21-16/h2-6,9-10H,7-8,11-12H2,1H3. The van der Waals surface area contributed by atoms with E-state index in [0.717, 1.165) is 34.8 Å². The fourth-order valence-corrected chi connectivity index (χ4v) is 2.73. The summed E-state index contributed by atoms with van der Waals surface area (Å²) in [6.07, 6.45) is 0. The Morgan fingerprint density at radius 2 is 1.86 bits per heavy atom. The number of fused-ring (bicyclic) bond motifs is 1. The molecular formula is C17H18BrNO3. The number of ether oxygens (including phenoxy) is 3. The first-order valence-corrected chi connectivity index (χ1v) is 7.96. The van der Waals surface area contributed by atoms with Crippen LogP contribution >= 0.6 is 15.9 Å². The van der Waals surface area contributed by atoms with Gasteiger partial charge in [-0.05, 0) is 36.9 Å². The van der Waals surface area contributed by atoms with Crippen LogP contribution in [0.25, 0.3) is 0 Å². The van der Waals surface area contributed by atoms with E-state index in [2.05, 4.69) is 27.9 Å². The van der Waals surface area contributed by atoms with Crippen LogP contribution in [0.15, 0.2) is 46.9 Å². The molecule has 2 aromatic rings. The largest absolute Gasteiger partial charge is 0.492 e. The lowest BCUT2D eigenvalue weighted by Gasteiger charge is -2.18. The van der Waals surface area contributed by atoms with E-state index < -0.39 is 0 Å². The van der Waals surface area contributed by atoms with Crippen LogP contribution in [0.3, 0.4) is 0 Å². The molecule has 0 fully saturated rings. The zero-order valence-corrected chi connectivity index (χ0v) is 14.0. The lowest BCUT2D eigenvalue weighted by atomic mass is 10.2. The van der Waals surface area contributed by atoms with Gasteiger partial charge < -0.3 is 14.2 Å². The molecular weight excluding hydrogens is 346 g/mol. The average Bonchev–Trinajstić information content (AvgIpc) is 2.96. The van der Waals surface area contributed by atoms with Crippen LogP contribution < -0.4 is 14.2 Å². The predicted octanol–water partition coefficient (Wildman–Crippen LogP) is 3.69.